The molecule has 0 saturated carbocycles. The van der Waals surface area contributed by atoms with Crippen molar-refractivity contribution in [2.45, 2.75) is 25.9 Å². The van der Waals surface area contributed by atoms with Crippen molar-refractivity contribution in [1.29, 1.82) is 0 Å². The number of pyridine rings is 2. The summed E-state index contributed by atoms with van der Waals surface area (Å²) < 4.78 is 0. The highest BCUT2D eigenvalue weighted by atomic mass is 15.4. The maximum atomic E-state index is 4.25. The number of hydrogen-bond donors (Lipinski definition) is 0. The van der Waals surface area contributed by atoms with E-state index in [2.05, 4.69) is 68.3 Å². The van der Waals surface area contributed by atoms with Crippen LogP contribution in [0.15, 0.2) is 85.5 Å². The van der Waals surface area contributed by atoms with Gasteiger partial charge in [0.2, 0.25) is 0 Å². The predicted molar refractivity (Wildman–Crippen MR) is 124 cm³/mol. The van der Waals surface area contributed by atoms with Gasteiger partial charge in [-0.15, -0.1) is 0 Å². The smallest absolute Gasteiger partial charge is 0.0910 e. The molecule has 0 N–H and O–H groups in total. The van der Waals surface area contributed by atoms with Crippen molar-refractivity contribution < 1.29 is 0 Å². The molecule has 4 heteroatoms. The van der Waals surface area contributed by atoms with Crippen LogP contribution in [0.3, 0.4) is 0 Å². The molecule has 0 saturated heterocycles. The van der Waals surface area contributed by atoms with Crippen molar-refractivity contribution in [3.8, 4) is 0 Å². The highest BCUT2D eigenvalue weighted by molar-refractivity contribution is 5.68. The lowest BCUT2D eigenvalue weighted by Gasteiger charge is -2.45. The number of hydrogen-bond acceptors (Lipinski definition) is 4. The zero-order valence-corrected chi connectivity index (χ0v) is 17.4. The lowest BCUT2D eigenvalue weighted by molar-refractivity contribution is 0.649. The molecule has 0 spiro atoms. The molecule has 2 aromatic heterocycles. The van der Waals surface area contributed by atoms with Gasteiger partial charge < -0.3 is 9.80 Å². The molecule has 0 fully saturated rings. The van der Waals surface area contributed by atoms with Crippen molar-refractivity contribution in [3.05, 3.63) is 119 Å². The average Bonchev–Trinajstić information content (AvgIpc) is 2.80. The van der Waals surface area contributed by atoms with Gasteiger partial charge in [-0.2, -0.15) is 0 Å². The second-order valence-electron chi connectivity index (χ2n) is 8.54. The molecule has 2 bridgehead atoms. The molecule has 2 aromatic carbocycles. The topological polar surface area (TPSA) is 32.3 Å². The van der Waals surface area contributed by atoms with Crippen LogP contribution in [-0.4, -0.2) is 16.6 Å². The molecule has 4 nitrogen and oxygen atoms in total. The highest BCUT2D eigenvalue weighted by Gasteiger charge is 2.29. The van der Waals surface area contributed by atoms with Crippen LogP contribution in [0, 0.1) is 0 Å². The lowest BCUT2D eigenvalue weighted by atomic mass is 9.96. The van der Waals surface area contributed by atoms with E-state index in [1.807, 2.05) is 36.9 Å². The Kier molecular flexibility index (Phi) is 4.42. The summed E-state index contributed by atoms with van der Waals surface area (Å²) in [6, 6.07) is 22.2. The van der Waals surface area contributed by atoms with E-state index < -0.39 is 0 Å². The standard InChI is InChI=1S/C27H24N4/c1-3-22(15-28-9-1)11-20-5-7-26-24(13-20)17-30-19-31(26)18-25-14-21(6-8-27(25)30)12-23-4-2-10-29-16-23/h1-10,13-16H,11-12,17-19H2. The molecule has 4 aromatic rings. The van der Waals surface area contributed by atoms with E-state index in [0.717, 1.165) is 32.6 Å². The van der Waals surface area contributed by atoms with Crippen LogP contribution < -0.4 is 9.80 Å². The highest BCUT2D eigenvalue weighted by Crippen LogP contribution is 2.38. The minimum Gasteiger partial charge on any atom is -0.349 e. The summed E-state index contributed by atoms with van der Waals surface area (Å²) in [7, 11) is 0. The third-order valence-corrected chi connectivity index (χ3v) is 6.30. The summed E-state index contributed by atoms with van der Waals surface area (Å²) >= 11 is 0. The first kappa shape index (κ1) is 18.1. The van der Waals surface area contributed by atoms with Crippen molar-refractivity contribution in [1.82, 2.24) is 9.97 Å². The van der Waals surface area contributed by atoms with Crippen molar-refractivity contribution in [3.63, 3.8) is 0 Å². The Hall–Kier alpha value is -3.66. The summed E-state index contributed by atoms with van der Waals surface area (Å²) in [4.78, 5) is 13.5. The molecule has 2 aliphatic rings. The Morgan fingerprint density at radius 1 is 0.613 bits per heavy atom. The van der Waals surface area contributed by atoms with Crippen LogP contribution in [-0.2, 0) is 25.9 Å². The summed E-state index contributed by atoms with van der Waals surface area (Å²) in [5, 5.41) is 0. The Morgan fingerprint density at radius 2 is 1.13 bits per heavy atom. The molecule has 152 valence electrons. The summed E-state index contributed by atoms with van der Waals surface area (Å²) in [6.45, 7) is 2.88. The van der Waals surface area contributed by atoms with E-state index in [1.165, 1.54) is 44.8 Å². The van der Waals surface area contributed by atoms with Gasteiger partial charge >= 0.3 is 0 Å². The fraction of sp³-hybridized carbons (Fsp3) is 0.185. The van der Waals surface area contributed by atoms with Gasteiger partial charge in [0.1, 0.15) is 0 Å². The van der Waals surface area contributed by atoms with E-state index in [0.29, 0.717) is 0 Å². The first-order valence-electron chi connectivity index (χ1n) is 10.8. The first-order chi connectivity index (χ1) is 15.3. The summed E-state index contributed by atoms with van der Waals surface area (Å²) in [5.41, 5.74) is 10.8. The van der Waals surface area contributed by atoms with E-state index in [9.17, 15) is 0 Å². The number of anilines is 2. The number of benzene rings is 2. The molecule has 0 atom stereocenters. The van der Waals surface area contributed by atoms with E-state index >= 15 is 0 Å². The molecule has 6 rings (SSSR count). The van der Waals surface area contributed by atoms with Gasteiger partial charge in [0.05, 0.1) is 6.67 Å². The lowest BCUT2D eigenvalue weighted by Crippen LogP contribution is -2.46. The van der Waals surface area contributed by atoms with Gasteiger partial charge in [0.15, 0.2) is 0 Å². The van der Waals surface area contributed by atoms with Crippen LogP contribution in [0.2, 0.25) is 0 Å². The third-order valence-electron chi connectivity index (χ3n) is 6.30. The maximum Gasteiger partial charge on any atom is 0.0910 e. The Bertz CT molecular complexity index is 1120. The molecular formula is C27H24N4. The monoisotopic (exact) mass is 404 g/mol. The normalized spacial score (nSPS) is 14.2. The first-order valence-corrected chi connectivity index (χ1v) is 10.8. The third kappa shape index (κ3) is 3.55. The van der Waals surface area contributed by atoms with Crippen LogP contribution in [0.1, 0.15) is 33.4 Å². The molecule has 0 unspecified atom stereocenters. The number of nitrogens with zero attached hydrogens (tertiary/aromatic N) is 4. The zero-order chi connectivity index (χ0) is 20.6. The molecule has 0 aliphatic carbocycles. The minimum atomic E-state index is 0.926. The van der Waals surface area contributed by atoms with Gasteiger partial charge in [-0.3, -0.25) is 9.97 Å². The SMILES string of the molecule is c1cncc(Cc2ccc3c(c2)CN2CN3Cc3cc(Cc4cccnc4)ccc32)c1. The molecule has 0 radical (unpaired) electrons. The Labute approximate surface area is 182 Å². The molecular weight excluding hydrogens is 380 g/mol. The summed E-state index contributed by atoms with van der Waals surface area (Å²) in [5.74, 6) is 0. The predicted octanol–water partition coefficient (Wildman–Crippen LogP) is 4.96. The van der Waals surface area contributed by atoms with Gasteiger partial charge in [0.25, 0.3) is 0 Å². The van der Waals surface area contributed by atoms with Gasteiger partial charge in [-0.1, -0.05) is 36.4 Å². The van der Waals surface area contributed by atoms with Crippen LogP contribution >= 0.6 is 0 Å². The molecule has 4 heterocycles. The average molecular weight is 405 g/mol. The molecule has 2 aliphatic heterocycles. The summed E-state index contributed by atoms with van der Waals surface area (Å²) in [6.07, 6.45) is 9.43. The van der Waals surface area contributed by atoms with Gasteiger partial charge in [-0.05, 0) is 70.5 Å². The fourth-order valence-corrected chi connectivity index (χ4v) is 4.88. The Morgan fingerprint density at radius 3 is 1.58 bits per heavy atom. The fourth-order valence-electron chi connectivity index (χ4n) is 4.88. The van der Waals surface area contributed by atoms with Gasteiger partial charge in [0, 0.05) is 49.3 Å². The van der Waals surface area contributed by atoms with Crippen LogP contribution in [0.4, 0.5) is 11.4 Å². The number of aromatic nitrogens is 2. The number of fused-ring (bicyclic) bond motifs is 6. The van der Waals surface area contributed by atoms with Crippen LogP contribution in [0.25, 0.3) is 0 Å². The minimum absolute atomic E-state index is 0.926. The van der Waals surface area contributed by atoms with Crippen LogP contribution in [0.5, 0.6) is 0 Å². The zero-order valence-electron chi connectivity index (χ0n) is 17.4. The van der Waals surface area contributed by atoms with E-state index in [-0.39, 0.29) is 0 Å². The van der Waals surface area contributed by atoms with E-state index in [4.69, 9.17) is 0 Å². The van der Waals surface area contributed by atoms with Crippen molar-refractivity contribution >= 4 is 11.4 Å². The van der Waals surface area contributed by atoms with E-state index in [1.54, 1.807) is 0 Å². The molecule has 0 amide bonds. The maximum absolute atomic E-state index is 4.25. The Balaban J connectivity index is 1.26. The molecule has 31 heavy (non-hydrogen) atoms. The van der Waals surface area contributed by atoms with Crippen molar-refractivity contribution in [2.24, 2.45) is 0 Å². The quantitative estimate of drug-likeness (QED) is 0.481. The van der Waals surface area contributed by atoms with Gasteiger partial charge in [-0.25, -0.2) is 0 Å². The largest absolute Gasteiger partial charge is 0.349 e. The second-order valence-corrected chi connectivity index (χ2v) is 8.54. The number of rotatable bonds is 4. The second kappa shape index (κ2) is 7.55. The van der Waals surface area contributed by atoms with Crippen molar-refractivity contribution in [2.75, 3.05) is 16.5 Å².